The molecule has 3 aromatic heterocycles. The minimum atomic E-state index is -0.842. The van der Waals surface area contributed by atoms with Gasteiger partial charge in [0.2, 0.25) is 0 Å². The van der Waals surface area contributed by atoms with Crippen LogP contribution in [0.15, 0.2) is 66.0 Å². The van der Waals surface area contributed by atoms with E-state index >= 15 is 0 Å². The lowest BCUT2D eigenvalue weighted by atomic mass is 9.96. The molecule has 0 fully saturated rings. The Kier molecular flexibility index (Phi) is 7.17. The fourth-order valence-corrected chi connectivity index (χ4v) is 5.37. The van der Waals surface area contributed by atoms with E-state index < -0.39 is 11.9 Å². The third-order valence-electron chi connectivity index (χ3n) is 5.75. The van der Waals surface area contributed by atoms with Crippen LogP contribution in [0.3, 0.4) is 0 Å². The van der Waals surface area contributed by atoms with Gasteiger partial charge in [-0.1, -0.05) is 26.8 Å². The summed E-state index contributed by atoms with van der Waals surface area (Å²) in [5, 5.41) is 11.3. The van der Waals surface area contributed by atoms with Crippen LogP contribution in [0.1, 0.15) is 49.2 Å². The molecule has 1 N–H and O–H groups in total. The van der Waals surface area contributed by atoms with Crippen LogP contribution in [-0.4, -0.2) is 30.4 Å². The lowest BCUT2D eigenvalue weighted by Gasteiger charge is -2.21. The molecule has 0 radical (unpaired) electrons. The van der Waals surface area contributed by atoms with Crippen LogP contribution in [0.5, 0.6) is 5.75 Å². The van der Waals surface area contributed by atoms with Crippen molar-refractivity contribution in [1.29, 1.82) is 0 Å². The van der Waals surface area contributed by atoms with E-state index in [1.54, 1.807) is 24.2 Å². The summed E-state index contributed by atoms with van der Waals surface area (Å²) < 4.78 is 7.99. The van der Waals surface area contributed by atoms with Gasteiger partial charge in [-0.25, -0.2) is 0 Å². The van der Waals surface area contributed by atoms with Crippen LogP contribution in [0.2, 0.25) is 0 Å². The van der Waals surface area contributed by atoms with E-state index in [1.807, 2.05) is 67.2 Å². The molecular weight excluding hydrogens is 458 g/mol. The zero-order valence-electron chi connectivity index (χ0n) is 20.8. The number of aromatic nitrogens is 3. The molecule has 0 saturated carbocycles. The molecule has 0 aliphatic carbocycles. The largest absolute Gasteiger partial charge is 0.487 e. The highest BCUT2D eigenvalue weighted by Gasteiger charge is 2.31. The highest BCUT2D eigenvalue weighted by Crippen LogP contribution is 2.44. The minimum absolute atomic E-state index is 0.106. The van der Waals surface area contributed by atoms with Crippen molar-refractivity contribution in [2.24, 2.45) is 7.05 Å². The molecule has 7 heteroatoms. The highest BCUT2D eigenvalue weighted by atomic mass is 32.2. The van der Waals surface area contributed by atoms with Gasteiger partial charge in [-0.2, -0.15) is 0 Å². The maximum Gasteiger partial charge on any atom is 0.312 e. The van der Waals surface area contributed by atoms with Gasteiger partial charge in [0.1, 0.15) is 18.3 Å². The summed E-state index contributed by atoms with van der Waals surface area (Å²) in [6.07, 6.45) is 5.63. The van der Waals surface area contributed by atoms with Crippen molar-refractivity contribution in [3.05, 3.63) is 83.6 Å². The molecule has 1 atom stereocenters. The minimum Gasteiger partial charge on any atom is -0.487 e. The second-order valence-electron chi connectivity index (χ2n) is 9.73. The maximum absolute atomic E-state index is 12.5. The van der Waals surface area contributed by atoms with Gasteiger partial charge in [0.15, 0.2) is 0 Å². The third-order valence-corrected chi connectivity index (χ3v) is 7.00. The first-order chi connectivity index (χ1) is 16.6. The molecule has 6 nitrogen and oxygen atoms in total. The van der Waals surface area contributed by atoms with Crippen LogP contribution < -0.4 is 4.74 Å². The summed E-state index contributed by atoms with van der Waals surface area (Å²) >= 11 is 1.69. The zero-order chi connectivity index (χ0) is 25.2. The number of pyridine rings is 2. The van der Waals surface area contributed by atoms with Crippen LogP contribution in [0.4, 0.5) is 0 Å². The molecule has 0 aliphatic heterocycles. The SMILES string of the molecule is Cc1ccc(COc2ccc3c(c2)c(SC(C)(C)C)c(C(Cc2ccncc2)C(=O)O)n3C)nc1. The van der Waals surface area contributed by atoms with Gasteiger partial charge in [-0.15, -0.1) is 11.8 Å². The fraction of sp³-hybridized carbons (Fsp3) is 0.321. The molecular formula is C28H31N3O3S. The number of hydrogen-bond acceptors (Lipinski definition) is 5. The molecule has 4 rings (SSSR count). The van der Waals surface area contributed by atoms with E-state index in [0.29, 0.717) is 13.0 Å². The van der Waals surface area contributed by atoms with Gasteiger partial charge >= 0.3 is 5.97 Å². The van der Waals surface area contributed by atoms with Crippen LogP contribution >= 0.6 is 11.8 Å². The molecule has 0 aliphatic rings. The van der Waals surface area contributed by atoms with Crippen molar-refractivity contribution in [3.8, 4) is 5.75 Å². The molecule has 35 heavy (non-hydrogen) atoms. The predicted molar refractivity (Wildman–Crippen MR) is 140 cm³/mol. The summed E-state index contributed by atoms with van der Waals surface area (Å²) in [4.78, 5) is 22.0. The van der Waals surface area contributed by atoms with Crippen LogP contribution in [0.25, 0.3) is 10.9 Å². The van der Waals surface area contributed by atoms with E-state index in [1.165, 1.54) is 0 Å². The van der Waals surface area contributed by atoms with Crippen molar-refractivity contribution in [2.45, 2.75) is 56.3 Å². The third kappa shape index (κ3) is 5.85. The summed E-state index contributed by atoms with van der Waals surface area (Å²) in [5.41, 5.74) is 4.70. The van der Waals surface area contributed by atoms with Gasteiger partial charge in [0, 0.05) is 51.9 Å². The van der Waals surface area contributed by atoms with Gasteiger partial charge < -0.3 is 14.4 Å². The quantitative estimate of drug-likeness (QED) is 0.299. The first-order valence-corrected chi connectivity index (χ1v) is 12.4. The average Bonchev–Trinajstić information content (AvgIpc) is 3.07. The van der Waals surface area contributed by atoms with Crippen LogP contribution in [-0.2, 0) is 24.9 Å². The Morgan fingerprint density at radius 2 is 1.89 bits per heavy atom. The van der Waals surface area contributed by atoms with E-state index in [4.69, 9.17) is 4.74 Å². The first-order valence-electron chi connectivity index (χ1n) is 11.6. The summed E-state index contributed by atoms with van der Waals surface area (Å²) in [6, 6.07) is 13.7. The second kappa shape index (κ2) is 10.1. The Hall–Kier alpha value is -3.32. The van der Waals surface area contributed by atoms with Crippen LogP contribution in [0, 0.1) is 6.92 Å². The second-order valence-corrected chi connectivity index (χ2v) is 11.6. The molecule has 1 unspecified atom stereocenters. The summed E-state index contributed by atoms with van der Waals surface area (Å²) in [5.74, 6) is -0.806. The van der Waals surface area contributed by atoms with E-state index in [0.717, 1.165) is 44.1 Å². The van der Waals surface area contributed by atoms with Crippen molar-refractivity contribution < 1.29 is 14.6 Å². The van der Waals surface area contributed by atoms with Crippen molar-refractivity contribution in [3.63, 3.8) is 0 Å². The molecule has 0 amide bonds. The maximum atomic E-state index is 12.5. The van der Waals surface area contributed by atoms with Gasteiger partial charge in [-0.05, 0) is 60.9 Å². The Bertz CT molecular complexity index is 1330. The van der Waals surface area contributed by atoms with Crippen molar-refractivity contribution in [2.75, 3.05) is 0 Å². The standard InChI is InChI=1S/C28H31N3O3S/c1-18-6-7-20(30-16-18)17-34-21-8-9-24-22(15-21)26(35-28(2,3)4)25(31(24)5)23(27(32)33)14-19-10-12-29-13-11-19/h6-13,15-16,23H,14,17H2,1-5H3,(H,32,33). The number of carboxylic acid groups (broad SMARTS) is 1. The number of thioether (sulfide) groups is 1. The monoisotopic (exact) mass is 489 g/mol. The number of carbonyl (C=O) groups is 1. The van der Waals surface area contributed by atoms with Gasteiger partial charge in [0.25, 0.3) is 0 Å². The normalized spacial score (nSPS) is 12.6. The number of benzene rings is 1. The zero-order valence-corrected chi connectivity index (χ0v) is 21.6. The summed E-state index contributed by atoms with van der Waals surface area (Å²) in [6.45, 7) is 8.80. The number of rotatable bonds is 8. The highest BCUT2D eigenvalue weighted by molar-refractivity contribution is 8.00. The Balaban J connectivity index is 1.76. The first kappa shape index (κ1) is 24.8. The van der Waals surface area contributed by atoms with E-state index in [9.17, 15) is 9.90 Å². The van der Waals surface area contributed by atoms with Crippen molar-refractivity contribution >= 4 is 28.6 Å². The summed E-state index contributed by atoms with van der Waals surface area (Å²) in [7, 11) is 1.95. The molecule has 0 saturated heterocycles. The smallest absolute Gasteiger partial charge is 0.312 e. The van der Waals surface area contributed by atoms with Crippen molar-refractivity contribution in [1.82, 2.24) is 14.5 Å². The van der Waals surface area contributed by atoms with E-state index in [2.05, 4.69) is 30.7 Å². The number of aryl methyl sites for hydroxylation is 2. The number of aliphatic carboxylic acids is 1. The van der Waals surface area contributed by atoms with Gasteiger partial charge in [-0.3, -0.25) is 14.8 Å². The molecule has 4 aromatic rings. The molecule has 3 heterocycles. The number of carboxylic acids is 1. The number of hydrogen-bond donors (Lipinski definition) is 1. The molecule has 182 valence electrons. The Morgan fingerprint density at radius 1 is 1.14 bits per heavy atom. The number of ether oxygens (including phenoxy) is 1. The fourth-order valence-electron chi connectivity index (χ4n) is 4.10. The number of nitrogens with zero attached hydrogens (tertiary/aromatic N) is 3. The average molecular weight is 490 g/mol. The van der Waals surface area contributed by atoms with Gasteiger partial charge in [0.05, 0.1) is 5.69 Å². The molecule has 1 aromatic carbocycles. The topological polar surface area (TPSA) is 77.2 Å². The predicted octanol–water partition coefficient (Wildman–Crippen LogP) is 6.16. The van der Waals surface area contributed by atoms with E-state index in [-0.39, 0.29) is 4.75 Å². The lowest BCUT2D eigenvalue weighted by Crippen LogP contribution is -2.19. The lowest BCUT2D eigenvalue weighted by molar-refractivity contribution is -0.139. The number of fused-ring (bicyclic) bond motifs is 1. The Morgan fingerprint density at radius 3 is 2.51 bits per heavy atom. The molecule has 0 spiro atoms. The molecule has 0 bridgehead atoms. The Labute approximate surface area is 210 Å².